The second-order valence-corrected chi connectivity index (χ2v) is 4.14. The van der Waals surface area contributed by atoms with E-state index in [9.17, 15) is 4.39 Å². The lowest BCUT2D eigenvalue weighted by Crippen LogP contribution is -2.12. The van der Waals surface area contributed by atoms with Crippen molar-refractivity contribution in [1.82, 2.24) is 9.97 Å². The van der Waals surface area contributed by atoms with E-state index in [-0.39, 0.29) is 11.9 Å². The Kier molecular flexibility index (Phi) is 3.87. The first-order chi connectivity index (χ1) is 8.70. The fourth-order valence-electron chi connectivity index (χ4n) is 1.80. The van der Waals surface area contributed by atoms with Crippen molar-refractivity contribution in [1.29, 1.82) is 0 Å². The summed E-state index contributed by atoms with van der Waals surface area (Å²) in [6, 6.07) is 7.08. The standard InChI is InChI=1S/C14H16FN3/c1-3-12(14-7-6-11(15)9-17-14)18-13-5-4-8-16-10(13)2/h4-9,12,18H,3H2,1-2H3. The maximum absolute atomic E-state index is 12.9. The molecule has 4 heteroatoms. The van der Waals surface area contributed by atoms with Crippen LogP contribution in [0.2, 0.25) is 0 Å². The van der Waals surface area contributed by atoms with Crippen LogP contribution in [0.25, 0.3) is 0 Å². The first-order valence-corrected chi connectivity index (χ1v) is 6.00. The summed E-state index contributed by atoms with van der Waals surface area (Å²) in [6.45, 7) is 4.02. The Morgan fingerprint density at radius 1 is 1.28 bits per heavy atom. The van der Waals surface area contributed by atoms with Crippen molar-refractivity contribution in [3.05, 3.63) is 53.9 Å². The summed E-state index contributed by atoms with van der Waals surface area (Å²) in [5.74, 6) is -0.314. The molecule has 0 aromatic carbocycles. The number of halogens is 1. The molecule has 0 spiro atoms. The number of anilines is 1. The van der Waals surface area contributed by atoms with E-state index in [1.165, 1.54) is 12.3 Å². The maximum atomic E-state index is 12.9. The van der Waals surface area contributed by atoms with E-state index in [0.717, 1.165) is 23.5 Å². The number of nitrogens with zero attached hydrogens (tertiary/aromatic N) is 2. The molecule has 1 unspecified atom stereocenters. The van der Waals surface area contributed by atoms with Crippen LogP contribution >= 0.6 is 0 Å². The minimum atomic E-state index is -0.314. The Balaban J connectivity index is 2.20. The second kappa shape index (κ2) is 5.58. The minimum absolute atomic E-state index is 0.0634. The normalized spacial score (nSPS) is 12.2. The fraction of sp³-hybridized carbons (Fsp3) is 0.286. The van der Waals surface area contributed by atoms with Gasteiger partial charge in [0.25, 0.3) is 0 Å². The van der Waals surface area contributed by atoms with E-state index < -0.39 is 0 Å². The number of rotatable bonds is 4. The third-order valence-corrected chi connectivity index (χ3v) is 2.85. The van der Waals surface area contributed by atoms with Crippen LogP contribution in [-0.4, -0.2) is 9.97 Å². The summed E-state index contributed by atoms with van der Waals surface area (Å²) in [5, 5.41) is 3.39. The molecule has 2 aromatic heterocycles. The average molecular weight is 245 g/mol. The summed E-state index contributed by atoms with van der Waals surface area (Å²) in [7, 11) is 0. The molecule has 1 N–H and O–H groups in total. The zero-order valence-corrected chi connectivity index (χ0v) is 10.5. The van der Waals surface area contributed by atoms with Crippen LogP contribution in [0.15, 0.2) is 36.7 Å². The predicted molar refractivity (Wildman–Crippen MR) is 69.8 cm³/mol. The molecule has 0 radical (unpaired) electrons. The van der Waals surface area contributed by atoms with Gasteiger partial charge in [0.2, 0.25) is 0 Å². The summed E-state index contributed by atoms with van der Waals surface area (Å²) in [6.07, 6.45) is 3.88. The van der Waals surface area contributed by atoms with Gasteiger partial charge in [0, 0.05) is 6.20 Å². The van der Waals surface area contributed by atoms with Gasteiger partial charge in [-0.15, -0.1) is 0 Å². The summed E-state index contributed by atoms with van der Waals surface area (Å²) in [5.41, 5.74) is 2.76. The van der Waals surface area contributed by atoms with E-state index in [1.54, 1.807) is 12.3 Å². The van der Waals surface area contributed by atoms with Crippen LogP contribution in [0.1, 0.15) is 30.8 Å². The van der Waals surface area contributed by atoms with Crippen molar-refractivity contribution in [2.75, 3.05) is 5.32 Å². The Labute approximate surface area is 106 Å². The monoisotopic (exact) mass is 245 g/mol. The molecule has 0 saturated heterocycles. The number of hydrogen-bond acceptors (Lipinski definition) is 3. The number of aryl methyl sites for hydroxylation is 1. The van der Waals surface area contributed by atoms with E-state index >= 15 is 0 Å². The largest absolute Gasteiger partial charge is 0.375 e. The van der Waals surface area contributed by atoms with Gasteiger partial charge < -0.3 is 5.32 Å². The van der Waals surface area contributed by atoms with Crippen molar-refractivity contribution >= 4 is 5.69 Å². The zero-order valence-electron chi connectivity index (χ0n) is 10.5. The predicted octanol–water partition coefficient (Wildman–Crippen LogP) is 3.49. The van der Waals surface area contributed by atoms with E-state index in [0.29, 0.717) is 0 Å². The fourth-order valence-corrected chi connectivity index (χ4v) is 1.80. The lowest BCUT2D eigenvalue weighted by molar-refractivity contribution is 0.614. The van der Waals surface area contributed by atoms with Crippen molar-refractivity contribution in [2.45, 2.75) is 26.3 Å². The van der Waals surface area contributed by atoms with Crippen molar-refractivity contribution < 1.29 is 4.39 Å². The molecule has 3 nitrogen and oxygen atoms in total. The van der Waals surface area contributed by atoms with E-state index in [1.807, 2.05) is 19.1 Å². The molecular formula is C14H16FN3. The van der Waals surface area contributed by atoms with Crippen LogP contribution in [0.5, 0.6) is 0 Å². The molecular weight excluding hydrogens is 229 g/mol. The molecule has 2 aromatic rings. The van der Waals surface area contributed by atoms with Gasteiger partial charge in [0.1, 0.15) is 5.82 Å². The Hall–Kier alpha value is -1.97. The van der Waals surface area contributed by atoms with Crippen molar-refractivity contribution in [3.8, 4) is 0 Å². The highest BCUT2D eigenvalue weighted by Gasteiger charge is 2.11. The van der Waals surface area contributed by atoms with Gasteiger partial charge in [0.15, 0.2) is 0 Å². The number of hydrogen-bond donors (Lipinski definition) is 1. The molecule has 0 saturated carbocycles. The van der Waals surface area contributed by atoms with Gasteiger partial charge in [-0.05, 0) is 37.6 Å². The average Bonchev–Trinajstić information content (AvgIpc) is 2.39. The molecule has 0 amide bonds. The van der Waals surface area contributed by atoms with Gasteiger partial charge in [-0.3, -0.25) is 9.97 Å². The molecule has 0 aliphatic heterocycles. The summed E-state index contributed by atoms with van der Waals surface area (Å²) >= 11 is 0. The number of pyridine rings is 2. The van der Waals surface area contributed by atoms with Gasteiger partial charge in [-0.2, -0.15) is 0 Å². The molecule has 0 bridgehead atoms. The third kappa shape index (κ3) is 2.83. The highest BCUT2D eigenvalue weighted by molar-refractivity contribution is 5.48. The quantitative estimate of drug-likeness (QED) is 0.896. The van der Waals surface area contributed by atoms with Gasteiger partial charge in [0.05, 0.1) is 29.3 Å². The lowest BCUT2D eigenvalue weighted by Gasteiger charge is -2.18. The van der Waals surface area contributed by atoms with Crippen molar-refractivity contribution in [2.24, 2.45) is 0 Å². The second-order valence-electron chi connectivity index (χ2n) is 4.14. The molecule has 0 aliphatic carbocycles. The van der Waals surface area contributed by atoms with Crippen LogP contribution in [-0.2, 0) is 0 Å². The molecule has 18 heavy (non-hydrogen) atoms. The Morgan fingerprint density at radius 3 is 2.72 bits per heavy atom. The first-order valence-electron chi connectivity index (χ1n) is 6.00. The molecule has 94 valence electrons. The van der Waals surface area contributed by atoms with E-state index in [2.05, 4.69) is 22.2 Å². The molecule has 0 fully saturated rings. The molecule has 0 aliphatic rings. The summed E-state index contributed by atoms with van der Waals surface area (Å²) in [4.78, 5) is 8.35. The molecule has 2 heterocycles. The highest BCUT2D eigenvalue weighted by Crippen LogP contribution is 2.22. The Bertz CT molecular complexity index is 511. The Morgan fingerprint density at radius 2 is 2.11 bits per heavy atom. The molecule has 2 rings (SSSR count). The highest BCUT2D eigenvalue weighted by atomic mass is 19.1. The van der Waals surface area contributed by atoms with Crippen LogP contribution in [0.4, 0.5) is 10.1 Å². The zero-order chi connectivity index (χ0) is 13.0. The maximum Gasteiger partial charge on any atom is 0.141 e. The SMILES string of the molecule is CCC(Nc1cccnc1C)c1ccc(F)cn1. The number of aromatic nitrogens is 2. The number of nitrogens with one attached hydrogen (secondary N) is 1. The minimum Gasteiger partial charge on any atom is -0.375 e. The van der Waals surface area contributed by atoms with Crippen LogP contribution < -0.4 is 5.32 Å². The van der Waals surface area contributed by atoms with Gasteiger partial charge >= 0.3 is 0 Å². The smallest absolute Gasteiger partial charge is 0.141 e. The van der Waals surface area contributed by atoms with E-state index in [4.69, 9.17) is 0 Å². The first kappa shape index (κ1) is 12.5. The third-order valence-electron chi connectivity index (χ3n) is 2.85. The topological polar surface area (TPSA) is 37.8 Å². The van der Waals surface area contributed by atoms with Crippen molar-refractivity contribution in [3.63, 3.8) is 0 Å². The van der Waals surface area contributed by atoms with Crippen LogP contribution in [0.3, 0.4) is 0 Å². The van der Waals surface area contributed by atoms with Crippen LogP contribution in [0, 0.1) is 12.7 Å². The molecule has 1 atom stereocenters. The summed E-state index contributed by atoms with van der Waals surface area (Å²) < 4.78 is 12.9. The van der Waals surface area contributed by atoms with Gasteiger partial charge in [-0.25, -0.2) is 4.39 Å². The lowest BCUT2D eigenvalue weighted by atomic mass is 10.1. The van der Waals surface area contributed by atoms with Gasteiger partial charge in [-0.1, -0.05) is 6.92 Å².